The predicted octanol–water partition coefficient (Wildman–Crippen LogP) is 1.98. The van der Waals surface area contributed by atoms with Gasteiger partial charge in [-0.1, -0.05) is 20.8 Å². The topological polar surface area (TPSA) is 24.5 Å². The Balaban J connectivity index is 3.77. The van der Waals surface area contributed by atoms with Gasteiger partial charge in [0.05, 0.1) is 6.61 Å². The van der Waals surface area contributed by atoms with Crippen LogP contribution in [-0.2, 0) is 4.74 Å². The lowest BCUT2D eigenvalue weighted by molar-refractivity contribution is 0.144. The van der Waals surface area contributed by atoms with Crippen molar-refractivity contribution in [1.82, 2.24) is 10.2 Å². The van der Waals surface area contributed by atoms with Crippen molar-refractivity contribution >= 4 is 0 Å². The van der Waals surface area contributed by atoms with E-state index in [4.69, 9.17) is 4.74 Å². The fraction of sp³-hybridized carbons (Fsp3) is 1.00. The Kier molecular flexibility index (Phi) is 9.99. The van der Waals surface area contributed by atoms with Crippen molar-refractivity contribution in [2.75, 3.05) is 40.4 Å². The number of rotatable bonds is 10. The van der Waals surface area contributed by atoms with E-state index in [-0.39, 0.29) is 0 Å². The van der Waals surface area contributed by atoms with Gasteiger partial charge < -0.3 is 15.0 Å². The minimum Gasteiger partial charge on any atom is -0.383 e. The number of nitrogens with zero attached hydrogens (tertiary/aromatic N) is 1. The standard InChI is InChI=1S/C13H30N2O/c1-6-8-14-13(11-16-5)10-15(4)9-7-12(2)3/h12-14H,6-11H2,1-5H3. The zero-order chi connectivity index (χ0) is 12.4. The molecule has 0 saturated heterocycles. The van der Waals surface area contributed by atoms with E-state index < -0.39 is 0 Å². The Morgan fingerprint density at radius 2 is 2.00 bits per heavy atom. The number of hydrogen-bond donors (Lipinski definition) is 1. The molecule has 0 heterocycles. The number of likely N-dealkylation sites (N-methyl/N-ethyl adjacent to an activating group) is 1. The predicted molar refractivity (Wildman–Crippen MR) is 70.9 cm³/mol. The Morgan fingerprint density at radius 1 is 1.31 bits per heavy atom. The zero-order valence-corrected chi connectivity index (χ0v) is 11.8. The van der Waals surface area contributed by atoms with Crippen LogP contribution in [0.1, 0.15) is 33.6 Å². The van der Waals surface area contributed by atoms with Crippen molar-refractivity contribution in [2.45, 2.75) is 39.7 Å². The number of methoxy groups -OCH3 is 1. The SMILES string of the molecule is CCCNC(COC)CN(C)CCC(C)C. The summed E-state index contributed by atoms with van der Waals surface area (Å²) in [7, 11) is 3.97. The van der Waals surface area contributed by atoms with E-state index in [2.05, 4.69) is 38.0 Å². The van der Waals surface area contributed by atoms with E-state index in [0.29, 0.717) is 6.04 Å². The summed E-state index contributed by atoms with van der Waals surface area (Å²) in [6.45, 7) is 10.9. The lowest BCUT2D eigenvalue weighted by Gasteiger charge is -2.25. The quantitative estimate of drug-likeness (QED) is 0.621. The molecule has 0 aliphatic carbocycles. The smallest absolute Gasteiger partial charge is 0.0628 e. The molecule has 0 aromatic rings. The van der Waals surface area contributed by atoms with Gasteiger partial charge in [-0.15, -0.1) is 0 Å². The molecular weight excluding hydrogens is 200 g/mol. The molecule has 0 saturated carbocycles. The number of hydrogen-bond acceptors (Lipinski definition) is 3. The molecule has 0 amide bonds. The summed E-state index contributed by atoms with van der Waals surface area (Å²) in [4.78, 5) is 2.40. The maximum absolute atomic E-state index is 5.24. The molecule has 0 aromatic carbocycles. The van der Waals surface area contributed by atoms with Crippen molar-refractivity contribution in [3.05, 3.63) is 0 Å². The summed E-state index contributed by atoms with van der Waals surface area (Å²) in [5.74, 6) is 0.784. The van der Waals surface area contributed by atoms with Crippen LogP contribution >= 0.6 is 0 Å². The zero-order valence-electron chi connectivity index (χ0n) is 11.8. The van der Waals surface area contributed by atoms with E-state index in [9.17, 15) is 0 Å². The lowest BCUT2D eigenvalue weighted by atomic mass is 10.1. The summed E-state index contributed by atoms with van der Waals surface area (Å²) in [5, 5.41) is 3.52. The fourth-order valence-corrected chi connectivity index (χ4v) is 1.67. The summed E-state index contributed by atoms with van der Waals surface area (Å²) >= 11 is 0. The summed E-state index contributed by atoms with van der Waals surface area (Å²) in [5.41, 5.74) is 0. The van der Waals surface area contributed by atoms with E-state index in [1.807, 2.05) is 0 Å². The van der Waals surface area contributed by atoms with Crippen LogP contribution in [0.15, 0.2) is 0 Å². The van der Waals surface area contributed by atoms with E-state index in [1.54, 1.807) is 7.11 Å². The highest BCUT2D eigenvalue weighted by atomic mass is 16.5. The van der Waals surface area contributed by atoms with Crippen molar-refractivity contribution in [2.24, 2.45) is 5.92 Å². The van der Waals surface area contributed by atoms with Crippen LogP contribution in [-0.4, -0.2) is 51.3 Å². The van der Waals surface area contributed by atoms with Crippen LogP contribution in [0, 0.1) is 5.92 Å². The molecule has 0 spiro atoms. The molecule has 1 unspecified atom stereocenters. The highest BCUT2D eigenvalue weighted by Crippen LogP contribution is 2.01. The van der Waals surface area contributed by atoms with Gasteiger partial charge in [-0.05, 0) is 38.9 Å². The Labute approximate surface area is 102 Å². The van der Waals surface area contributed by atoms with Crippen LogP contribution in [0.25, 0.3) is 0 Å². The van der Waals surface area contributed by atoms with Crippen LogP contribution in [0.2, 0.25) is 0 Å². The van der Waals surface area contributed by atoms with Crippen LogP contribution in [0.3, 0.4) is 0 Å². The molecule has 0 radical (unpaired) electrons. The van der Waals surface area contributed by atoms with E-state index in [0.717, 1.165) is 25.6 Å². The summed E-state index contributed by atoms with van der Waals surface area (Å²) in [6, 6.07) is 0.460. The second-order valence-electron chi connectivity index (χ2n) is 5.05. The Hall–Kier alpha value is -0.120. The third-order valence-electron chi connectivity index (χ3n) is 2.67. The molecule has 0 aliphatic rings. The molecule has 0 rings (SSSR count). The maximum atomic E-state index is 5.24. The fourth-order valence-electron chi connectivity index (χ4n) is 1.67. The van der Waals surface area contributed by atoms with Crippen LogP contribution < -0.4 is 5.32 Å². The number of ether oxygens (including phenoxy) is 1. The molecule has 98 valence electrons. The Morgan fingerprint density at radius 3 is 2.50 bits per heavy atom. The largest absolute Gasteiger partial charge is 0.383 e. The van der Waals surface area contributed by atoms with Crippen molar-refractivity contribution in [3.63, 3.8) is 0 Å². The third-order valence-corrected chi connectivity index (χ3v) is 2.67. The second-order valence-corrected chi connectivity index (χ2v) is 5.05. The molecule has 1 N–H and O–H groups in total. The molecule has 1 atom stereocenters. The third kappa shape index (κ3) is 9.13. The highest BCUT2D eigenvalue weighted by molar-refractivity contribution is 4.70. The van der Waals surface area contributed by atoms with Crippen molar-refractivity contribution < 1.29 is 4.74 Å². The first-order chi connectivity index (χ1) is 7.60. The average Bonchev–Trinajstić information content (AvgIpc) is 2.23. The molecule has 0 bridgehead atoms. The molecule has 0 aromatic heterocycles. The van der Waals surface area contributed by atoms with Gasteiger partial charge in [-0.2, -0.15) is 0 Å². The van der Waals surface area contributed by atoms with Gasteiger partial charge in [0.1, 0.15) is 0 Å². The Bertz CT molecular complexity index is 151. The van der Waals surface area contributed by atoms with Crippen LogP contribution in [0.4, 0.5) is 0 Å². The van der Waals surface area contributed by atoms with Crippen molar-refractivity contribution in [3.8, 4) is 0 Å². The maximum Gasteiger partial charge on any atom is 0.0628 e. The van der Waals surface area contributed by atoms with Gasteiger partial charge in [-0.25, -0.2) is 0 Å². The molecule has 0 aliphatic heterocycles. The van der Waals surface area contributed by atoms with E-state index in [1.165, 1.54) is 19.4 Å². The monoisotopic (exact) mass is 230 g/mol. The average molecular weight is 230 g/mol. The molecular formula is C13H30N2O. The minimum absolute atomic E-state index is 0.460. The van der Waals surface area contributed by atoms with Gasteiger partial charge in [0.15, 0.2) is 0 Å². The normalized spacial score (nSPS) is 13.7. The van der Waals surface area contributed by atoms with Gasteiger partial charge in [0.2, 0.25) is 0 Å². The van der Waals surface area contributed by atoms with Gasteiger partial charge in [0.25, 0.3) is 0 Å². The first-order valence-electron chi connectivity index (χ1n) is 6.51. The molecule has 0 fully saturated rings. The minimum atomic E-state index is 0.460. The molecule has 3 nitrogen and oxygen atoms in total. The first-order valence-corrected chi connectivity index (χ1v) is 6.51. The number of nitrogens with one attached hydrogen (secondary N) is 1. The lowest BCUT2D eigenvalue weighted by Crippen LogP contribution is -2.43. The van der Waals surface area contributed by atoms with E-state index >= 15 is 0 Å². The molecule has 16 heavy (non-hydrogen) atoms. The van der Waals surface area contributed by atoms with Crippen LogP contribution in [0.5, 0.6) is 0 Å². The van der Waals surface area contributed by atoms with Gasteiger partial charge >= 0.3 is 0 Å². The first kappa shape index (κ1) is 15.9. The highest BCUT2D eigenvalue weighted by Gasteiger charge is 2.10. The van der Waals surface area contributed by atoms with Gasteiger partial charge in [0, 0.05) is 19.7 Å². The van der Waals surface area contributed by atoms with Gasteiger partial charge in [-0.3, -0.25) is 0 Å². The van der Waals surface area contributed by atoms with Crippen molar-refractivity contribution in [1.29, 1.82) is 0 Å². The second kappa shape index (κ2) is 10.1. The molecule has 3 heteroatoms. The summed E-state index contributed by atoms with van der Waals surface area (Å²) in [6.07, 6.45) is 2.44. The summed E-state index contributed by atoms with van der Waals surface area (Å²) < 4.78 is 5.24.